The van der Waals surface area contributed by atoms with Gasteiger partial charge in [-0.25, -0.2) is 0 Å². The van der Waals surface area contributed by atoms with Gasteiger partial charge in [-0.3, -0.25) is 0 Å². The second kappa shape index (κ2) is 7.03. The molecule has 0 atom stereocenters. The summed E-state index contributed by atoms with van der Waals surface area (Å²) in [4.78, 5) is 5.24. The van der Waals surface area contributed by atoms with Crippen LogP contribution in [0.2, 0.25) is 0 Å². The van der Waals surface area contributed by atoms with E-state index < -0.39 is 0 Å². The molecule has 1 aromatic rings. The zero-order valence-corrected chi connectivity index (χ0v) is 11.3. The first-order valence-corrected chi connectivity index (χ1v) is 7.34. The summed E-state index contributed by atoms with van der Waals surface area (Å²) in [5.41, 5.74) is 0. The van der Waals surface area contributed by atoms with Crippen molar-refractivity contribution in [2.24, 2.45) is 12.0 Å². The molecule has 0 radical (unpaired) electrons. The number of thiazole rings is 1. The molecule has 0 aliphatic rings. The predicted molar refractivity (Wildman–Crippen MR) is 72.5 cm³/mol. The maximum Gasteiger partial charge on any atom is 0.195 e. The largest absolute Gasteiger partial charge is 0.361 e. The number of thiocarbonyl (C=S) groups is 1. The molecule has 0 saturated heterocycles. The van der Waals surface area contributed by atoms with Crippen molar-refractivity contribution in [1.29, 1.82) is 0 Å². The van der Waals surface area contributed by atoms with Crippen molar-refractivity contribution in [3.63, 3.8) is 0 Å². The third-order valence-corrected chi connectivity index (χ3v) is 3.54. The summed E-state index contributed by atoms with van der Waals surface area (Å²) in [6.07, 6.45) is 5.20. The van der Waals surface area contributed by atoms with E-state index in [1.807, 2.05) is 35.0 Å². The predicted octanol–water partition coefficient (Wildman–Crippen LogP) is 1.61. The van der Waals surface area contributed by atoms with Crippen LogP contribution in [-0.4, -0.2) is 28.2 Å². The Hall–Kier alpha value is -0.330. The lowest BCUT2D eigenvalue weighted by molar-refractivity contribution is 0.838. The first-order chi connectivity index (χ1) is 7.24. The van der Waals surface area contributed by atoms with Gasteiger partial charge in [0.1, 0.15) is 0 Å². The molecule has 0 aliphatic carbocycles. The number of aromatic nitrogens is 1. The van der Waals surface area contributed by atoms with E-state index in [2.05, 4.69) is 16.6 Å². The van der Waals surface area contributed by atoms with Crippen LogP contribution >= 0.6 is 35.3 Å². The fourth-order valence-electron chi connectivity index (χ4n) is 0.973. The van der Waals surface area contributed by atoms with Gasteiger partial charge in [0.15, 0.2) is 9.91 Å². The summed E-state index contributed by atoms with van der Waals surface area (Å²) >= 11 is 8.55. The van der Waals surface area contributed by atoms with Crippen LogP contribution in [0.15, 0.2) is 16.6 Å². The summed E-state index contributed by atoms with van der Waals surface area (Å²) in [6, 6.07) is 0. The normalized spacial score (nSPS) is 11.7. The van der Waals surface area contributed by atoms with E-state index in [-0.39, 0.29) is 0 Å². The highest BCUT2D eigenvalue weighted by Crippen LogP contribution is 1.93. The lowest BCUT2D eigenvalue weighted by atomic mass is 10.5. The van der Waals surface area contributed by atoms with Gasteiger partial charge in [-0.15, -0.1) is 11.3 Å². The van der Waals surface area contributed by atoms with Crippen LogP contribution in [0.5, 0.6) is 0 Å². The Balaban J connectivity index is 2.40. The van der Waals surface area contributed by atoms with Crippen LogP contribution in [0.25, 0.3) is 0 Å². The molecule has 1 aromatic heterocycles. The molecule has 0 amide bonds. The van der Waals surface area contributed by atoms with Crippen molar-refractivity contribution >= 4 is 40.4 Å². The third-order valence-electron chi connectivity index (χ3n) is 1.76. The summed E-state index contributed by atoms with van der Waals surface area (Å²) in [7, 11) is 1.96. The molecule has 6 heteroatoms. The number of hydrogen-bond donors (Lipinski definition) is 1. The molecule has 3 nitrogen and oxygen atoms in total. The first kappa shape index (κ1) is 12.7. The highest BCUT2D eigenvalue weighted by Gasteiger charge is 1.93. The van der Waals surface area contributed by atoms with E-state index >= 15 is 0 Å². The SMILES string of the molecule is CSCCCNC(=S)/N=c1/sccn1C. The Kier molecular flexibility index (Phi) is 5.97. The van der Waals surface area contributed by atoms with Crippen LogP contribution in [-0.2, 0) is 7.05 Å². The molecule has 84 valence electrons. The fourth-order valence-corrected chi connectivity index (χ4v) is 2.39. The average Bonchev–Trinajstić information content (AvgIpc) is 2.59. The van der Waals surface area contributed by atoms with Gasteiger partial charge in [0.25, 0.3) is 0 Å². The van der Waals surface area contributed by atoms with Gasteiger partial charge in [-0.1, -0.05) is 0 Å². The van der Waals surface area contributed by atoms with E-state index in [0.29, 0.717) is 5.11 Å². The molecule has 15 heavy (non-hydrogen) atoms. The minimum Gasteiger partial charge on any atom is -0.361 e. The second-order valence-electron chi connectivity index (χ2n) is 2.99. The molecule has 1 N–H and O–H groups in total. The highest BCUT2D eigenvalue weighted by molar-refractivity contribution is 7.98. The molecule has 0 aromatic carbocycles. The molecule has 1 rings (SSSR count). The molecule has 0 bridgehead atoms. The van der Waals surface area contributed by atoms with Crippen molar-refractivity contribution in [1.82, 2.24) is 9.88 Å². The highest BCUT2D eigenvalue weighted by atomic mass is 32.2. The fraction of sp³-hybridized carbons (Fsp3) is 0.556. The van der Waals surface area contributed by atoms with Crippen LogP contribution < -0.4 is 10.1 Å². The summed E-state index contributed by atoms with van der Waals surface area (Å²) in [5, 5.41) is 5.70. The maximum atomic E-state index is 5.12. The van der Waals surface area contributed by atoms with Crippen LogP contribution in [0.3, 0.4) is 0 Å². The summed E-state index contributed by atoms with van der Waals surface area (Å²) in [6.45, 7) is 0.901. The number of aryl methyl sites for hydroxylation is 1. The first-order valence-electron chi connectivity index (χ1n) is 4.65. The Bertz CT molecular complexity index is 367. The number of thioether (sulfide) groups is 1. The zero-order valence-electron chi connectivity index (χ0n) is 8.90. The van der Waals surface area contributed by atoms with Gasteiger partial charge in [-0.05, 0) is 30.6 Å². The van der Waals surface area contributed by atoms with Crippen LogP contribution in [0.4, 0.5) is 0 Å². The number of nitrogens with one attached hydrogen (secondary N) is 1. The lowest BCUT2D eigenvalue weighted by Crippen LogP contribution is -2.24. The monoisotopic (exact) mass is 261 g/mol. The van der Waals surface area contributed by atoms with Crippen molar-refractivity contribution in [2.45, 2.75) is 6.42 Å². The van der Waals surface area contributed by atoms with E-state index in [1.165, 1.54) is 0 Å². The smallest absolute Gasteiger partial charge is 0.195 e. The Morgan fingerprint density at radius 3 is 3.13 bits per heavy atom. The number of nitrogens with zero attached hydrogens (tertiary/aromatic N) is 2. The lowest BCUT2D eigenvalue weighted by Gasteiger charge is -2.01. The molecular formula is C9H15N3S3. The third kappa shape index (κ3) is 4.81. The maximum absolute atomic E-state index is 5.12. The molecular weight excluding hydrogens is 246 g/mol. The molecule has 0 aliphatic heterocycles. The molecule has 0 saturated carbocycles. The Morgan fingerprint density at radius 1 is 1.73 bits per heavy atom. The molecule has 1 heterocycles. The van der Waals surface area contributed by atoms with Gasteiger partial charge in [0.05, 0.1) is 0 Å². The van der Waals surface area contributed by atoms with E-state index in [1.54, 1.807) is 11.3 Å². The van der Waals surface area contributed by atoms with E-state index in [0.717, 1.165) is 23.5 Å². The van der Waals surface area contributed by atoms with E-state index in [4.69, 9.17) is 12.2 Å². The van der Waals surface area contributed by atoms with Crippen molar-refractivity contribution in [3.05, 3.63) is 16.4 Å². The zero-order chi connectivity index (χ0) is 11.1. The van der Waals surface area contributed by atoms with E-state index in [9.17, 15) is 0 Å². The molecule has 0 unspecified atom stereocenters. The topological polar surface area (TPSA) is 29.3 Å². The Labute approximate surface area is 104 Å². The van der Waals surface area contributed by atoms with Crippen LogP contribution in [0, 0.1) is 0 Å². The number of hydrogen-bond acceptors (Lipinski definition) is 3. The summed E-state index contributed by atoms with van der Waals surface area (Å²) in [5.74, 6) is 1.16. The molecule has 0 fully saturated rings. The van der Waals surface area contributed by atoms with Crippen LogP contribution in [0.1, 0.15) is 6.42 Å². The van der Waals surface area contributed by atoms with Crippen molar-refractivity contribution < 1.29 is 0 Å². The van der Waals surface area contributed by atoms with Gasteiger partial charge in [-0.2, -0.15) is 16.8 Å². The second-order valence-corrected chi connectivity index (χ2v) is 5.23. The summed E-state index contributed by atoms with van der Waals surface area (Å²) < 4.78 is 1.96. The minimum atomic E-state index is 0.578. The van der Waals surface area contributed by atoms with Gasteiger partial charge in [0, 0.05) is 25.2 Å². The quantitative estimate of drug-likeness (QED) is 0.660. The Morgan fingerprint density at radius 2 is 2.53 bits per heavy atom. The minimum absolute atomic E-state index is 0.578. The molecule has 0 spiro atoms. The number of rotatable bonds is 4. The van der Waals surface area contributed by atoms with Gasteiger partial charge < -0.3 is 9.88 Å². The van der Waals surface area contributed by atoms with Gasteiger partial charge in [0.2, 0.25) is 0 Å². The average molecular weight is 261 g/mol. The van der Waals surface area contributed by atoms with Gasteiger partial charge >= 0.3 is 0 Å². The standard InChI is InChI=1S/C9H15N3S3/c1-12-5-7-15-9(12)11-8(13)10-4-3-6-14-2/h5,7H,3-4,6H2,1-2H3,(H,10,13)/b11-9+. The van der Waals surface area contributed by atoms with Crippen molar-refractivity contribution in [3.8, 4) is 0 Å². The van der Waals surface area contributed by atoms with Crippen molar-refractivity contribution in [2.75, 3.05) is 18.6 Å².